The molecule has 0 bridgehead atoms. The van der Waals surface area contributed by atoms with E-state index in [1.165, 1.54) is 4.43 Å². The minimum atomic E-state index is 0.828. The first-order valence-corrected chi connectivity index (χ1v) is 5.15. The van der Waals surface area contributed by atoms with Crippen molar-refractivity contribution in [3.8, 4) is 0 Å². The number of alkyl halides is 2. The first kappa shape index (κ1) is 8.46. The smallest absolute Gasteiger partial charge is 0.0114 e. The summed E-state index contributed by atoms with van der Waals surface area (Å²) in [5, 5.41) is 0. The van der Waals surface area contributed by atoms with E-state index in [9.17, 15) is 0 Å². The molecule has 1 unspecified atom stereocenters. The molecular formula is C5H10I2. The van der Waals surface area contributed by atoms with Crippen molar-refractivity contribution in [2.75, 3.05) is 4.43 Å². The Morgan fingerprint density at radius 3 is 1.86 bits per heavy atom. The summed E-state index contributed by atoms with van der Waals surface area (Å²) in [6, 6.07) is 0. The molecule has 0 radical (unpaired) electrons. The molecule has 2 heteroatoms. The molecule has 0 aliphatic heterocycles. The van der Waals surface area contributed by atoms with E-state index < -0.39 is 0 Å². The van der Waals surface area contributed by atoms with Crippen LogP contribution in [0.2, 0.25) is 0 Å². The van der Waals surface area contributed by atoms with Gasteiger partial charge in [-0.1, -0.05) is 59.0 Å². The Balaban J connectivity index is 3.14. The zero-order valence-electron chi connectivity index (χ0n) is 4.62. The highest BCUT2D eigenvalue weighted by molar-refractivity contribution is 14.1. The van der Waals surface area contributed by atoms with Gasteiger partial charge in [0.25, 0.3) is 0 Å². The first-order chi connectivity index (χ1) is 3.18. The van der Waals surface area contributed by atoms with Gasteiger partial charge in [0.15, 0.2) is 0 Å². The second-order valence-corrected chi connectivity index (χ2v) is 4.65. The van der Waals surface area contributed by atoms with Crippen LogP contribution in [0.25, 0.3) is 0 Å². The topological polar surface area (TPSA) is 0 Å². The lowest BCUT2D eigenvalue weighted by Gasteiger charge is -2.07. The van der Waals surface area contributed by atoms with Crippen LogP contribution in [0.5, 0.6) is 0 Å². The van der Waals surface area contributed by atoms with Crippen LogP contribution in [0.1, 0.15) is 13.8 Å². The van der Waals surface area contributed by atoms with Gasteiger partial charge < -0.3 is 0 Å². The van der Waals surface area contributed by atoms with Gasteiger partial charge in [-0.15, -0.1) is 0 Å². The van der Waals surface area contributed by atoms with Gasteiger partial charge in [-0.3, -0.25) is 0 Å². The molecule has 0 rings (SSSR count). The van der Waals surface area contributed by atoms with Gasteiger partial charge in [0.1, 0.15) is 0 Å². The van der Waals surface area contributed by atoms with E-state index in [2.05, 4.69) is 59.0 Å². The molecule has 0 spiro atoms. The zero-order valence-corrected chi connectivity index (χ0v) is 8.93. The van der Waals surface area contributed by atoms with E-state index in [1.807, 2.05) is 0 Å². The number of rotatable bonds is 2. The molecule has 0 fully saturated rings. The third-order valence-corrected chi connectivity index (χ3v) is 3.64. The van der Waals surface area contributed by atoms with Crippen molar-refractivity contribution in [1.29, 1.82) is 0 Å². The molecule has 0 aliphatic rings. The standard InChI is InChI=1S/C5H10I2/c1-4(3-6)5(2)7/h4-5H,3H2,1-2H3/t4?,5-/m1/s1. The van der Waals surface area contributed by atoms with E-state index in [1.54, 1.807) is 0 Å². The highest BCUT2D eigenvalue weighted by Crippen LogP contribution is 2.13. The van der Waals surface area contributed by atoms with Crippen molar-refractivity contribution >= 4 is 45.2 Å². The Kier molecular flexibility index (Phi) is 5.26. The van der Waals surface area contributed by atoms with Gasteiger partial charge in [-0.2, -0.15) is 0 Å². The average molecular weight is 324 g/mol. The maximum absolute atomic E-state index is 2.46. The summed E-state index contributed by atoms with van der Waals surface area (Å²) in [6.07, 6.45) is 0. The SMILES string of the molecule is CC(CI)[C@@H](C)I. The summed E-state index contributed by atoms with van der Waals surface area (Å²) in [7, 11) is 0. The number of hydrogen-bond donors (Lipinski definition) is 0. The third kappa shape index (κ3) is 4.00. The maximum atomic E-state index is 2.46. The van der Waals surface area contributed by atoms with E-state index in [0.29, 0.717) is 0 Å². The second kappa shape index (κ2) is 4.35. The average Bonchev–Trinajstić information content (AvgIpc) is 1.65. The van der Waals surface area contributed by atoms with Crippen molar-refractivity contribution in [2.24, 2.45) is 5.92 Å². The van der Waals surface area contributed by atoms with Gasteiger partial charge >= 0.3 is 0 Å². The molecule has 0 aromatic rings. The minimum absolute atomic E-state index is 0.828. The predicted molar refractivity (Wildman–Crippen MR) is 51.5 cm³/mol. The van der Waals surface area contributed by atoms with Crippen LogP contribution in [0.15, 0.2) is 0 Å². The molecular weight excluding hydrogens is 314 g/mol. The Morgan fingerprint density at radius 2 is 1.86 bits per heavy atom. The lowest BCUT2D eigenvalue weighted by atomic mass is 10.2. The summed E-state index contributed by atoms with van der Waals surface area (Å²) in [4.78, 5) is 0. The predicted octanol–water partition coefficient (Wildman–Crippen LogP) is 2.88. The quantitative estimate of drug-likeness (QED) is 0.541. The fraction of sp³-hybridized carbons (Fsp3) is 1.00. The molecule has 0 heterocycles. The van der Waals surface area contributed by atoms with Crippen molar-refractivity contribution in [3.63, 3.8) is 0 Å². The molecule has 0 nitrogen and oxygen atoms in total. The van der Waals surface area contributed by atoms with E-state index in [0.717, 1.165) is 9.84 Å². The van der Waals surface area contributed by atoms with Gasteiger partial charge in [0.2, 0.25) is 0 Å². The van der Waals surface area contributed by atoms with Crippen LogP contribution in [-0.4, -0.2) is 8.35 Å². The molecule has 0 aromatic carbocycles. The zero-order chi connectivity index (χ0) is 5.86. The Labute approximate surface area is 72.7 Å². The molecule has 0 saturated heterocycles. The summed E-state index contributed by atoms with van der Waals surface area (Å²) in [5.41, 5.74) is 0. The van der Waals surface area contributed by atoms with Crippen molar-refractivity contribution in [2.45, 2.75) is 17.8 Å². The Morgan fingerprint density at radius 1 is 1.43 bits per heavy atom. The molecule has 0 saturated carbocycles. The molecule has 44 valence electrons. The lowest BCUT2D eigenvalue weighted by molar-refractivity contribution is 0.682. The molecule has 2 atom stereocenters. The van der Waals surface area contributed by atoms with Crippen LogP contribution in [0, 0.1) is 5.92 Å². The number of halogens is 2. The summed E-state index contributed by atoms with van der Waals surface area (Å²) < 4.78 is 2.11. The van der Waals surface area contributed by atoms with Gasteiger partial charge in [-0.05, 0) is 5.92 Å². The second-order valence-electron chi connectivity index (χ2n) is 1.81. The van der Waals surface area contributed by atoms with Crippen molar-refractivity contribution in [1.82, 2.24) is 0 Å². The Bertz CT molecular complexity index is 43.3. The van der Waals surface area contributed by atoms with Crippen LogP contribution in [0.4, 0.5) is 0 Å². The van der Waals surface area contributed by atoms with Gasteiger partial charge in [-0.25, -0.2) is 0 Å². The largest absolute Gasteiger partial charge is 0.0860 e. The highest BCUT2D eigenvalue weighted by atomic mass is 127. The summed E-state index contributed by atoms with van der Waals surface area (Å²) >= 11 is 4.89. The van der Waals surface area contributed by atoms with Crippen LogP contribution in [-0.2, 0) is 0 Å². The Hall–Kier alpha value is 1.46. The van der Waals surface area contributed by atoms with E-state index in [4.69, 9.17) is 0 Å². The molecule has 0 amide bonds. The molecule has 0 N–H and O–H groups in total. The fourth-order valence-corrected chi connectivity index (χ4v) is 2.11. The maximum Gasteiger partial charge on any atom is 0.0114 e. The molecule has 0 aliphatic carbocycles. The molecule has 7 heavy (non-hydrogen) atoms. The molecule has 0 aromatic heterocycles. The lowest BCUT2D eigenvalue weighted by Crippen LogP contribution is -2.06. The van der Waals surface area contributed by atoms with Crippen LogP contribution < -0.4 is 0 Å². The fourth-order valence-electron chi connectivity index (χ4n) is 0.123. The summed E-state index contributed by atoms with van der Waals surface area (Å²) in [5.74, 6) is 0.876. The number of hydrogen-bond acceptors (Lipinski definition) is 0. The van der Waals surface area contributed by atoms with Crippen LogP contribution >= 0.6 is 45.2 Å². The minimum Gasteiger partial charge on any atom is -0.0860 e. The summed E-state index contributed by atoms with van der Waals surface area (Å²) in [6.45, 7) is 4.54. The first-order valence-electron chi connectivity index (χ1n) is 2.38. The van der Waals surface area contributed by atoms with Crippen molar-refractivity contribution < 1.29 is 0 Å². The van der Waals surface area contributed by atoms with E-state index >= 15 is 0 Å². The third-order valence-electron chi connectivity index (χ3n) is 1.03. The van der Waals surface area contributed by atoms with Gasteiger partial charge in [0, 0.05) is 8.35 Å². The monoisotopic (exact) mass is 324 g/mol. The normalized spacial score (nSPS) is 18.9. The van der Waals surface area contributed by atoms with Gasteiger partial charge in [0.05, 0.1) is 0 Å². The van der Waals surface area contributed by atoms with Crippen LogP contribution in [0.3, 0.4) is 0 Å². The van der Waals surface area contributed by atoms with E-state index in [-0.39, 0.29) is 0 Å². The highest BCUT2D eigenvalue weighted by Gasteiger charge is 2.04. The van der Waals surface area contributed by atoms with Crippen molar-refractivity contribution in [3.05, 3.63) is 0 Å².